The first-order valence-corrected chi connectivity index (χ1v) is 7.11. The average Bonchev–Trinajstić information content (AvgIpc) is 2.86. The molecular formula is C13H17N3S. The molecule has 3 nitrogen and oxygen atoms in total. The molecule has 2 aromatic rings. The zero-order valence-corrected chi connectivity index (χ0v) is 10.6. The van der Waals surface area contributed by atoms with Gasteiger partial charge in [0.1, 0.15) is 0 Å². The van der Waals surface area contributed by atoms with Gasteiger partial charge in [-0.2, -0.15) is 16.4 Å². The predicted molar refractivity (Wildman–Crippen MR) is 70.1 cm³/mol. The Hall–Kier alpha value is -1.13. The van der Waals surface area contributed by atoms with Crippen LogP contribution in [0.2, 0.25) is 0 Å². The average molecular weight is 247 g/mol. The zero-order chi connectivity index (χ0) is 11.5. The van der Waals surface area contributed by atoms with Gasteiger partial charge in [-0.3, -0.25) is 4.68 Å². The molecule has 0 aromatic carbocycles. The standard InChI is InChI=1S/C13H17N3S/c1-2-12(1)14-9-13-3-6-15-16(13)7-4-11-5-8-17-10-11/h3,5-6,8,10,12,14H,1-2,4,7,9H2. The largest absolute Gasteiger partial charge is 0.308 e. The SMILES string of the molecule is c1cc(CNC2CC2)n(CCc2ccsc2)n1. The molecule has 1 aliphatic rings. The van der Waals surface area contributed by atoms with Crippen LogP contribution in [0.3, 0.4) is 0 Å². The van der Waals surface area contributed by atoms with E-state index in [4.69, 9.17) is 0 Å². The molecule has 17 heavy (non-hydrogen) atoms. The van der Waals surface area contributed by atoms with Gasteiger partial charge in [-0.25, -0.2) is 0 Å². The lowest BCUT2D eigenvalue weighted by molar-refractivity contribution is 0.556. The number of aromatic nitrogens is 2. The van der Waals surface area contributed by atoms with Crippen LogP contribution in [0.5, 0.6) is 0 Å². The maximum absolute atomic E-state index is 4.39. The van der Waals surface area contributed by atoms with Gasteiger partial charge in [-0.15, -0.1) is 0 Å². The van der Waals surface area contributed by atoms with Crippen molar-refractivity contribution >= 4 is 11.3 Å². The maximum Gasteiger partial charge on any atom is 0.0522 e. The molecule has 1 aliphatic carbocycles. The molecule has 2 aromatic heterocycles. The van der Waals surface area contributed by atoms with Gasteiger partial charge in [-0.1, -0.05) is 0 Å². The van der Waals surface area contributed by atoms with Crippen molar-refractivity contribution in [2.75, 3.05) is 0 Å². The topological polar surface area (TPSA) is 29.9 Å². The van der Waals surface area contributed by atoms with Gasteiger partial charge in [0.25, 0.3) is 0 Å². The van der Waals surface area contributed by atoms with Crippen molar-refractivity contribution in [1.29, 1.82) is 0 Å². The first kappa shape index (κ1) is 11.0. The molecule has 0 atom stereocenters. The highest BCUT2D eigenvalue weighted by atomic mass is 32.1. The highest BCUT2D eigenvalue weighted by Crippen LogP contribution is 2.19. The lowest BCUT2D eigenvalue weighted by atomic mass is 10.2. The molecule has 1 N–H and O–H groups in total. The summed E-state index contributed by atoms with van der Waals surface area (Å²) in [4.78, 5) is 0. The number of aryl methyl sites for hydroxylation is 2. The van der Waals surface area contributed by atoms with Gasteiger partial charge in [0.05, 0.1) is 5.69 Å². The van der Waals surface area contributed by atoms with Crippen molar-refractivity contribution in [3.63, 3.8) is 0 Å². The summed E-state index contributed by atoms with van der Waals surface area (Å²) in [5.41, 5.74) is 2.71. The summed E-state index contributed by atoms with van der Waals surface area (Å²) in [7, 11) is 0. The summed E-state index contributed by atoms with van der Waals surface area (Å²) in [5.74, 6) is 0. The fourth-order valence-electron chi connectivity index (χ4n) is 1.92. The Kier molecular flexibility index (Phi) is 3.25. The smallest absolute Gasteiger partial charge is 0.0522 e. The molecule has 0 radical (unpaired) electrons. The Labute approximate surface area is 105 Å². The van der Waals surface area contributed by atoms with Gasteiger partial charge in [0.15, 0.2) is 0 Å². The number of rotatable bonds is 6. The normalized spacial score (nSPS) is 15.3. The number of nitrogens with one attached hydrogen (secondary N) is 1. The Balaban J connectivity index is 1.56. The Morgan fingerprint density at radius 1 is 1.41 bits per heavy atom. The molecule has 3 rings (SSSR count). The van der Waals surface area contributed by atoms with Crippen molar-refractivity contribution < 1.29 is 0 Å². The van der Waals surface area contributed by atoms with Crippen LogP contribution in [0.1, 0.15) is 24.1 Å². The molecular weight excluding hydrogens is 230 g/mol. The Bertz CT molecular complexity index is 457. The monoisotopic (exact) mass is 247 g/mol. The summed E-state index contributed by atoms with van der Waals surface area (Å²) < 4.78 is 2.12. The molecule has 90 valence electrons. The highest BCUT2D eigenvalue weighted by molar-refractivity contribution is 7.07. The van der Waals surface area contributed by atoms with Crippen molar-refractivity contribution in [1.82, 2.24) is 15.1 Å². The number of thiophene rings is 1. The lowest BCUT2D eigenvalue weighted by Gasteiger charge is -2.07. The third kappa shape index (κ3) is 2.96. The minimum atomic E-state index is 0.759. The van der Waals surface area contributed by atoms with Crippen molar-refractivity contribution in [3.8, 4) is 0 Å². The minimum Gasteiger partial charge on any atom is -0.308 e. The van der Waals surface area contributed by atoms with Crippen LogP contribution >= 0.6 is 11.3 Å². The van der Waals surface area contributed by atoms with Gasteiger partial charge in [0, 0.05) is 25.3 Å². The highest BCUT2D eigenvalue weighted by Gasteiger charge is 2.20. The van der Waals surface area contributed by atoms with Crippen molar-refractivity contribution in [2.45, 2.75) is 38.4 Å². The van der Waals surface area contributed by atoms with E-state index in [1.165, 1.54) is 24.1 Å². The van der Waals surface area contributed by atoms with E-state index in [1.54, 1.807) is 11.3 Å². The summed E-state index contributed by atoms with van der Waals surface area (Å²) in [5, 5.41) is 12.3. The maximum atomic E-state index is 4.39. The summed E-state index contributed by atoms with van der Waals surface area (Å²) >= 11 is 1.76. The third-order valence-electron chi connectivity index (χ3n) is 3.15. The first-order valence-electron chi connectivity index (χ1n) is 6.17. The number of nitrogens with zero attached hydrogens (tertiary/aromatic N) is 2. The molecule has 0 aliphatic heterocycles. The number of hydrogen-bond acceptors (Lipinski definition) is 3. The molecule has 1 saturated carbocycles. The fraction of sp³-hybridized carbons (Fsp3) is 0.462. The molecule has 0 bridgehead atoms. The molecule has 0 amide bonds. The van der Waals surface area contributed by atoms with Crippen LogP contribution in [0.25, 0.3) is 0 Å². The van der Waals surface area contributed by atoms with Gasteiger partial charge in [-0.05, 0) is 47.7 Å². The zero-order valence-electron chi connectivity index (χ0n) is 9.80. The lowest BCUT2D eigenvalue weighted by Crippen LogP contribution is -2.19. The molecule has 0 unspecified atom stereocenters. The first-order chi connectivity index (χ1) is 8.42. The second kappa shape index (κ2) is 5.02. The number of hydrogen-bond donors (Lipinski definition) is 1. The van der Waals surface area contributed by atoms with E-state index in [-0.39, 0.29) is 0 Å². The quantitative estimate of drug-likeness (QED) is 0.849. The Morgan fingerprint density at radius 2 is 2.35 bits per heavy atom. The summed E-state index contributed by atoms with van der Waals surface area (Å²) in [6.45, 7) is 1.93. The molecule has 0 spiro atoms. The third-order valence-corrected chi connectivity index (χ3v) is 3.88. The van der Waals surface area contributed by atoms with Crippen LogP contribution in [0.15, 0.2) is 29.1 Å². The van der Waals surface area contributed by atoms with E-state index < -0.39 is 0 Å². The van der Waals surface area contributed by atoms with E-state index >= 15 is 0 Å². The van der Waals surface area contributed by atoms with E-state index in [0.29, 0.717) is 0 Å². The van der Waals surface area contributed by atoms with E-state index in [2.05, 4.69) is 38.0 Å². The van der Waals surface area contributed by atoms with Crippen molar-refractivity contribution in [2.24, 2.45) is 0 Å². The van der Waals surface area contributed by atoms with Crippen molar-refractivity contribution in [3.05, 3.63) is 40.3 Å². The van der Waals surface area contributed by atoms with E-state index in [1.807, 2.05) is 6.20 Å². The molecule has 4 heteroatoms. The summed E-state index contributed by atoms with van der Waals surface area (Å²) in [6, 6.07) is 5.06. The second-order valence-electron chi connectivity index (χ2n) is 4.58. The second-order valence-corrected chi connectivity index (χ2v) is 5.36. The molecule has 1 fully saturated rings. The van der Waals surface area contributed by atoms with E-state index in [9.17, 15) is 0 Å². The van der Waals surface area contributed by atoms with Gasteiger partial charge in [0.2, 0.25) is 0 Å². The minimum absolute atomic E-state index is 0.759. The molecule has 0 saturated heterocycles. The fourth-order valence-corrected chi connectivity index (χ4v) is 2.62. The summed E-state index contributed by atoms with van der Waals surface area (Å²) in [6.07, 6.45) is 5.64. The van der Waals surface area contributed by atoms with Crippen LogP contribution in [0.4, 0.5) is 0 Å². The Morgan fingerprint density at radius 3 is 3.12 bits per heavy atom. The molecule has 2 heterocycles. The van der Waals surface area contributed by atoms with Crippen LogP contribution in [-0.2, 0) is 19.5 Å². The van der Waals surface area contributed by atoms with Crippen LogP contribution < -0.4 is 5.32 Å². The van der Waals surface area contributed by atoms with E-state index in [0.717, 1.165) is 25.6 Å². The van der Waals surface area contributed by atoms with Gasteiger partial charge >= 0.3 is 0 Å². The van der Waals surface area contributed by atoms with Crippen LogP contribution in [-0.4, -0.2) is 15.8 Å². The van der Waals surface area contributed by atoms with Gasteiger partial charge < -0.3 is 5.32 Å². The van der Waals surface area contributed by atoms with Crippen LogP contribution in [0, 0.1) is 0 Å². The predicted octanol–water partition coefficient (Wildman–Crippen LogP) is 2.44.